The minimum absolute atomic E-state index is 0.0916. The number of hydrogen-bond donors (Lipinski definition) is 1. The number of rotatable bonds is 3. The van der Waals surface area contributed by atoms with Crippen LogP contribution in [0.15, 0.2) is 24.7 Å². The van der Waals surface area contributed by atoms with Crippen LogP contribution in [0, 0.1) is 0 Å². The molecule has 0 aromatic carbocycles. The molecule has 0 saturated carbocycles. The fourth-order valence-electron chi connectivity index (χ4n) is 1.32. The van der Waals surface area contributed by atoms with Gasteiger partial charge in [0.05, 0.1) is 6.20 Å². The Kier molecular flexibility index (Phi) is 3.34. The molecule has 0 fully saturated rings. The Labute approximate surface area is 103 Å². The van der Waals surface area contributed by atoms with Crippen LogP contribution < -0.4 is 5.32 Å². The molecular formula is C10H10ClN5O. The van der Waals surface area contributed by atoms with Crippen molar-refractivity contribution in [3.05, 3.63) is 24.7 Å². The zero-order chi connectivity index (χ0) is 12.3. The minimum atomic E-state index is -0.277. The quantitative estimate of drug-likeness (QED) is 0.828. The van der Waals surface area contributed by atoms with Crippen molar-refractivity contribution in [2.75, 3.05) is 11.2 Å². The standard InChI is InChI=1S/C10H10ClN5O/c1-16-9(14-10(17)5-11)4-7(15-16)8-6-12-2-3-13-8/h2-4,6H,5H2,1H3,(H,14,17). The third-order valence-corrected chi connectivity index (χ3v) is 2.34. The van der Waals surface area contributed by atoms with Gasteiger partial charge in [0, 0.05) is 25.5 Å². The molecule has 88 valence electrons. The first-order valence-corrected chi connectivity index (χ1v) is 5.40. The summed E-state index contributed by atoms with van der Waals surface area (Å²) >= 11 is 5.41. The van der Waals surface area contributed by atoms with Crippen LogP contribution in [-0.2, 0) is 11.8 Å². The first-order chi connectivity index (χ1) is 8.20. The van der Waals surface area contributed by atoms with Gasteiger partial charge in [-0.05, 0) is 0 Å². The summed E-state index contributed by atoms with van der Waals surface area (Å²) in [4.78, 5) is 19.2. The topological polar surface area (TPSA) is 72.7 Å². The molecule has 0 aliphatic rings. The summed E-state index contributed by atoms with van der Waals surface area (Å²) in [7, 11) is 1.73. The zero-order valence-electron chi connectivity index (χ0n) is 9.09. The monoisotopic (exact) mass is 251 g/mol. The van der Waals surface area contributed by atoms with Crippen LogP contribution in [0.5, 0.6) is 0 Å². The summed E-state index contributed by atoms with van der Waals surface area (Å²) in [5.41, 5.74) is 1.29. The first-order valence-electron chi connectivity index (χ1n) is 4.87. The van der Waals surface area contributed by atoms with Crippen LogP contribution in [0.4, 0.5) is 5.82 Å². The summed E-state index contributed by atoms with van der Waals surface area (Å²) in [6.45, 7) is 0. The lowest BCUT2D eigenvalue weighted by Gasteiger charge is -2.00. The van der Waals surface area contributed by atoms with Crippen molar-refractivity contribution in [3.63, 3.8) is 0 Å². The van der Waals surface area contributed by atoms with Gasteiger partial charge in [0.25, 0.3) is 0 Å². The first kappa shape index (κ1) is 11.5. The summed E-state index contributed by atoms with van der Waals surface area (Å²) in [6.07, 6.45) is 4.78. The second kappa shape index (κ2) is 4.92. The molecule has 1 N–H and O–H groups in total. The van der Waals surface area contributed by atoms with E-state index in [1.54, 1.807) is 36.4 Å². The smallest absolute Gasteiger partial charge is 0.240 e. The van der Waals surface area contributed by atoms with E-state index in [1.807, 2.05) is 0 Å². The van der Waals surface area contributed by atoms with E-state index in [1.165, 1.54) is 0 Å². The van der Waals surface area contributed by atoms with Gasteiger partial charge >= 0.3 is 0 Å². The van der Waals surface area contributed by atoms with Gasteiger partial charge in [0.2, 0.25) is 5.91 Å². The van der Waals surface area contributed by atoms with Crippen LogP contribution in [0.25, 0.3) is 11.4 Å². The molecule has 2 aromatic heterocycles. The Morgan fingerprint density at radius 2 is 2.29 bits per heavy atom. The highest BCUT2D eigenvalue weighted by atomic mass is 35.5. The summed E-state index contributed by atoms with van der Waals surface area (Å²) in [6, 6.07) is 1.72. The maximum absolute atomic E-state index is 11.2. The Bertz CT molecular complexity index is 525. The van der Waals surface area contributed by atoms with Crippen LogP contribution in [0.2, 0.25) is 0 Å². The summed E-state index contributed by atoms with van der Waals surface area (Å²) < 4.78 is 1.55. The number of halogens is 1. The van der Waals surface area contributed by atoms with Crippen LogP contribution in [-0.4, -0.2) is 31.5 Å². The molecule has 0 bridgehead atoms. The van der Waals surface area contributed by atoms with Gasteiger partial charge in [-0.2, -0.15) is 5.10 Å². The molecule has 2 rings (SSSR count). The van der Waals surface area contributed by atoms with Gasteiger partial charge < -0.3 is 5.32 Å². The lowest BCUT2D eigenvalue weighted by atomic mass is 10.3. The van der Waals surface area contributed by atoms with Crippen molar-refractivity contribution >= 4 is 23.3 Å². The molecule has 0 spiro atoms. The van der Waals surface area contributed by atoms with Gasteiger partial charge in [-0.3, -0.25) is 19.4 Å². The number of hydrogen-bond acceptors (Lipinski definition) is 4. The number of aromatic nitrogens is 4. The molecule has 2 heterocycles. The average Bonchev–Trinajstić information content (AvgIpc) is 2.72. The normalized spacial score (nSPS) is 10.2. The molecule has 2 aromatic rings. The maximum atomic E-state index is 11.2. The van der Waals surface area contributed by atoms with Crippen LogP contribution in [0.1, 0.15) is 0 Å². The van der Waals surface area contributed by atoms with E-state index in [0.29, 0.717) is 17.2 Å². The van der Waals surface area contributed by atoms with E-state index >= 15 is 0 Å². The molecule has 0 aliphatic heterocycles. The predicted molar refractivity (Wildman–Crippen MR) is 63.6 cm³/mol. The Balaban J connectivity index is 2.28. The fourth-order valence-corrected chi connectivity index (χ4v) is 1.38. The molecule has 0 aliphatic carbocycles. The number of aryl methyl sites for hydroxylation is 1. The highest BCUT2D eigenvalue weighted by Crippen LogP contribution is 2.18. The molecule has 7 heteroatoms. The Morgan fingerprint density at radius 1 is 1.47 bits per heavy atom. The van der Waals surface area contributed by atoms with Gasteiger partial charge in [-0.1, -0.05) is 0 Å². The number of nitrogens with one attached hydrogen (secondary N) is 1. The SMILES string of the molecule is Cn1nc(-c2cnccn2)cc1NC(=O)CCl. The number of anilines is 1. The molecule has 0 saturated heterocycles. The van der Waals surface area contributed by atoms with E-state index in [4.69, 9.17) is 11.6 Å². The molecule has 17 heavy (non-hydrogen) atoms. The van der Waals surface area contributed by atoms with Crippen LogP contribution >= 0.6 is 11.6 Å². The molecule has 0 radical (unpaired) electrons. The van der Waals surface area contributed by atoms with Gasteiger partial charge in [0.1, 0.15) is 23.1 Å². The number of nitrogens with zero attached hydrogens (tertiary/aromatic N) is 4. The highest BCUT2D eigenvalue weighted by molar-refractivity contribution is 6.29. The van der Waals surface area contributed by atoms with Gasteiger partial charge in [-0.15, -0.1) is 11.6 Å². The minimum Gasteiger partial charge on any atom is -0.310 e. The fraction of sp³-hybridized carbons (Fsp3) is 0.200. The van der Waals surface area contributed by atoms with E-state index in [-0.39, 0.29) is 11.8 Å². The summed E-state index contributed by atoms with van der Waals surface area (Å²) in [5.74, 6) is 0.197. The molecule has 0 atom stereocenters. The zero-order valence-corrected chi connectivity index (χ0v) is 9.85. The number of carbonyl (C=O) groups excluding carboxylic acids is 1. The molecular weight excluding hydrogens is 242 g/mol. The highest BCUT2D eigenvalue weighted by Gasteiger charge is 2.10. The lowest BCUT2D eigenvalue weighted by Crippen LogP contribution is -2.15. The second-order valence-electron chi connectivity index (χ2n) is 3.31. The summed E-state index contributed by atoms with van der Waals surface area (Å²) in [5, 5.41) is 6.86. The number of carbonyl (C=O) groups is 1. The van der Waals surface area contributed by atoms with Crippen molar-refractivity contribution in [1.82, 2.24) is 19.7 Å². The van der Waals surface area contributed by atoms with E-state index in [0.717, 1.165) is 0 Å². The average molecular weight is 252 g/mol. The van der Waals surface area contributed by atoms with Crippen molar-refractivity contribution < 1.29 is 4.79 Å². The predicted octanol–water partition coefficient (Wildman–Crippen LogP) is 1.05. The lowest BCUT2D eigenvalue weighted by molar-refractivity contribution is -0.114. The Hall–Kier alpha value is -1.95. The molecule has 0 unspecified atom stereocenters. The van der Waals surface area contributed by atoms with E-state index in [9.17, 15) is 4.79 Å². The van der Waals surface area contributed by atoms with E-state index in [2.05, 4.69) is 20.4 Å². The Morgan fingerprint density at radius 3 is 2.94 bits per heavy atom. The number of amides is 1. The second-order valence-corrected chi connectivity index (χ2v) is 3.58. The van der Waals surface area contributed by atoms with Crippen molar-refractivity contribution in [2.24, 2.45) is 7.05 Å². The van der Waals surface area contributed by atoms with Crippen molar-refractivity contribution in [2.45, 2.75) is 0 Å². The van der Waals surface area contributed by atoms with E-state index < -0.39 is 0 Å². The van der Waals surface area contributed by atoms with Crippen molar-refractivity contribution in [3.8, 4) is 11.4 Å². The molecule has 1 amide bonds. The largest absolute Gasteiger partial charge is 0.310 e. The van der Waals surface area contributed by atoms with Gasteiger partial charge in [-0.25, -0.2) is 0 Å². The van der Waals surface area contributed by atoms with Gasteiger partial charge in [0.15, 0.2) is 0 Å². The third kappa shape index (κ3) is 2.59. The third-order valence-electron chi connectivity index (χ3n) is 2.09. The maximum Gasteiger partial charge on any atom is 0.240 e. The van der Waals surface area contributed by atoms with Crippen molar-refractivity contribution in [1.29, 1.82) is 0 Å². The molecule has 6 nitrogen and oxygen atoms in total. The van der Waals surface area contributed by atoms with Crippen LogP contribution in [0.3, 0.4) is 0 Å². The number of alkyl halides is 1.